The Morgan fingerprint density at radius 3 is 2.67 bits per heavy atom. The van der Waals surface area contributed by atoms with E-state index in [4.69, 9.17) is 0 Å². The fraction of sp³-hybridized carbons (Fsp3) is 0.667. The van der Waals surface area contributed by atoms with Gasteiger partial charge in [0.15, 0.2) is 5.82 Å². The predicted molar refractivity (Wildman–Crippen MR) is 51.4 cm³/mol. The highest BCUT2D eigenvalue weighted by molar-refractivity contribution is 5.73. The van der Waals surface area contributed by atoms with Gasteiger partial charge in [-0.2, -0.15) is 0 Å². The van der Waals surface area contributed by atoms with Crippen molar-refractivity contribution >= 4 is 5.91 Å². The second-order valence-corrected chi connectivity index (χ2v) is 3.76. The zero-order valence-corrected chi connectivity index (χ0v) is 8.52. The smallest absolute Gasteiger partial charge is 0.343 e. The largest absolute Gasteiger partial charge is 0.438 e. The molecule has 0 atom stereocenters. The molecule has 0 saturated carbocycles. The minimum absolute atomic E-state index is 0.0992. The van der Waals surface area contributed by atoms with Crippen molar-refractivity contribution in [3.63, 3.8) is 0 Å². The third kappa shape index (κ3) is 2.08. The second-order valence-electron chi connectivity index (χ2n) is 3.76. The summed E-state index contributed by atoms with van der Waals surface area (Å²) in [6.07, 6.45) is 1.64. The molecule has 0 bridgehead atoms. The molecule has 0 aromatic carbocycles. The molecule has 0 spiro atoms. The molecule has 1 amide bonds. The van der Waals surface area contributed by atoms with Crippen molar-refractivity contribution in [2.75, 3.05) is 13.1 Å². The topological polar surface area (TPSA) is 79.2 Å². The van der Waals surface area contributed by atoms with Crippen molar-refractivity contribution in [3.8, 4) is 0 Å². The maximum atomic E-state index is 11.1. The van der Waals surface area contributed by atoms with Gasteiger partial charge in [-0.1, -0.05) is 5.16 Å². The molecule has 0 unspecified atom stereocenters. The minimum atomic E-state index is -0.515. The van der Waals surface area contributed by atoms with Crippen LogP contribution in [0, 0.1) is 0 Å². The average molecular weight is 211 g/mol. The SMILES string of the molecule is CC(=O)N1CCC(c2noc(=O)[nH]2)CC1. The fourth-order valence-electron chi connectivity index (χ4n) is 1.89. The molecule has 0 aliphatic carbocycles. The van der Waals surface area contributed by atoms with Gasteiger partial charge in [0.2, 0.25) is 5.91 Å². The summed E-state index contributed by atoms with van der Waals surface area (Å²) < 4.78 is 4.45. The maximum absolute atomic E-state index is 11.1. The Hall–Kier alpha value is -1.59. The van der Waals surface area contributed by atoms with Crippen LogP contribution in [0.2, 0.25) is 0 Å². The van der Waals surface area contributed by atoms with Gasteiger partial charge in [0.05, 0.1) is 0 Å². The molecule has 1 aliphatic rings. The number of amides is 1. The van der Waals surface area contributed by atoms with E-state index in [0.717, 1.165) is 25.9 Å². The molecule has 2 rings (SSSR count). The van der Waals surface area contributed by atoms with E-state index in [1.165, 1.54) is 0 Å². The Morgan fingerprint density at radius 2 is 2.20 bits per heavy atom. The van der Waals surface area contributed by atoms with Gasteiger partial charge in [0.25, 0.3) is 0 Å². The lowest BCUT2D eigenvalue weighted by molar-refractivity contribution is -0.129. The number of rotatable bonds is 1. The first-order valence-electron chi connectivity index (χ1n) is 4.98. The molecule has 6 heteroatoms. The number of carbonyl (C=O) groups is 1. The summed E-state index contributed by atoms with van der Waals surface area (Å²) in [7, 11) is 0. The van der Waals surface area contributed by atoms with Gasteiger partial charge in [-0.3, -0.25) is 14.3 Å². The van der Waals surface area contributed by atoms with Gasteiger partial charge >= 0.3 is 5.76 Å². The Bertz CT molecular complexity index is 401. The first-order chi connectivity index (χ1) is 7.16. The fourth-order valence-corrected chi connectivity index (χ4v) is 1.89. The molecule has 1 fully saturated rings. The van der Waals surface area contributed by atoms with Gasteiger partial charge < -0.3 is 4.90 Å². The minimum Gasteiger partial charge on any atom is -0.343 e. The van der Waals surface area contributed by atoms with Crippen molar-refractivity contribution in [2.45, 2.75) is 25.7 Å². The third-order valence-corrected chi connectivity index (χ3v) is 2.78. The van der Waals surface area contributed by atoms with E-state index in [9.17, 15) is 9.59 Å². The molecular weight excluding hydrogens is 198 g/mol. The molecule has 1 aromatic heterocycles. The van der Waals surface area contributed by atoms with Crippen molar-refractivity contribution < 1.29 is 9.32 Å². The van der Waals surface area contributed by atoms with Gasteiger partial charge in [0, 0.05) is 25.9 Å². The summed E-state index contributed by atoms with van der Waals surface area (Å²) in [5.41, 5.74) is 0. The first kappa shape index (κ1) is 9.95. The number of nitrogens with zero attached hydrogens (tertiary/aromatic N) is 2. The summed E-state index contributed by atoms with van der Waals surface area (Å²) in [5.74, 6) is 0.386. The van der Waals surface area contributed by atoms with Crippen LogP contribution >= 0.6 is 0 Å². The molecule has 0 radical (unpaired) electrons. The summed E-state index contributed by atoms with van der Waals surface area (Å²) >= 11 is 0. The van der Waals surface area contributed by atoms with Crippen LogP contribution in [-0.2, 0) is 4.79 Å². The van der Waals surface area contributed by atoms with Crippen molar-refractivity contribution in [1.82, 2.24) is 15.0 Å². The van der Waals surface area contributed by atoms with Gasteiger partial charge in [-0.25, -0.2) is 4.79 Å². The Morgan fingerprint density at radius 1 is 1.53 bits per heavy atom. The number of hydrogen-bond donors (Lipinski definition) is 1. The monoisotopic (exact) mass is 211 g/mol. The van der Waals surface area contributed by atoms with E-state index in [1.807, 2.05) is 0 Å². The number of aromatic nitrogens is 2. The van der Waals surface area contributed by atoms with Gasteiger partial charge in [-0.05, 0) is 12.8 Å². The predicted octanol–water partition coefficient (Wildman–Crippen LogP) is 0.0888. The Kier molecular flexibility index (Phi) is 2.57. The van der Waals surface area contributed by atoms with E-state index in [-0.39, 0.29) is 11.8 Å². The van der Waals surface area contributed by atoms with Crippen LogP contribution in [0.25, 0.3) is 0 Å². The van der Waals surface area contributed by atoms with Crippen LogP contribution in [0.5, 0.6) is 0 Å². The number of piperidine rings is 1. The van der Waals surface area contributed by atoms with E-state index < -0.39 is 5.76 Å². The molecule has 2 heterocycles. The number of hydrogen-bond acceptors (Lipinski definition) is 4. The van der Waals surface area contributed by atoms with E-state index in [0.29, 0.717) is 5.82 Å². The normalized spacial score (nSPS) is 18.1. The van der Waals surface area contributed by atoms with Crippen molar-refractivity contribution in [3.05, 3.63) is 16.4 Å². The molecule has 1 saturated heterocycles. The molecule has 1 aromatic rings. The highest BCUT2D eigenvalue weighted by Gasteiger charge is 2.24. The lowest BCUT2D eigenvalue weighted by Crippen LogP contribution is -2.36. The molecular formula is C9H13N3O3. The molecule has 1 aliphatic heterocycles. The second kappa shape index (κ2) is 3.88. The lowest BCUT2D eigenvalue weighted by Gasteiger charge is -2.29. The van der Waals surface area contributed by atoms with E-state index >= 15 is 0 Å². The van der Waals surface area contributed by atoms with Crippen LogP contribution in [0.15, 0.2) is 9.32 Å². The zero-order valence-electron chi connectivity index (χ0n) is 8.52. The lowest BCUT2D eigenvalue weighted by atomic mass is 9.96. The van der Waals surface area contributed by atoms with Crippen LogP contribution in [0.4, 0.5) is 0 Å². The molecule has 6 nitrogen and oxygen atoms in total. The Labute approximate surface area is 86.2 Å². The standard InChI is InChI=1S/C9H13N3O3/c1-6(13)12-4-2-7(3-5-12)8-10-9(14)15-11-8/h7H,2-5H2,1H3,(H,10,11,14). The van der Waals surface area contributed by atoms with Crippen LogP contribution < -0.4 is 5.76 Å². The van der Waals surface area contributed by atoms with E-state index in [1.54, 1.807) is 11.8 Å². The van der Waals surface area contributed by atoms with Crippen LogP contribution in [-0.4, -0.2) is 34.0 Å². The Balaban J connectivity index is 1.99. The number of carbonyl (C=O) groups excluding carboxylic acids is 1. The average Bonchev–Trinajstić information content (AvgIpc) is 2.65. The van der Waals surface area contributed by atoms with Crippen LogP contribution in [0.3, 0.4) is 0 Å². The summed E-state index contributed by atoms with van der Waals surface area (Å²) in [4.78, 5) is 26.2. The van der Waals surface area contributed by atoms with E-state index in [2.05, 4.69) is 14.7 Å². The quantitative estimate of drug-likeness (QED) is 0.713. The summed E-state index contributed by atoms with van der Waals surface area (Å²) in [6, 6.07) is 0. The maximum Gasteiger partial charge on any atom is 0.438 e. The number of likely N-dealkylation sites (tertiary alicyclic amines) is 1. The molecule has 15 heavy (non-hydrogen) atoms. The first-order valence-corrected chi connectivity index (χ1v) is 4.98. The van der Waals surface area contributed by atoms with Gasteiger partial charge in [0.1, 0.15) is 0 Å². The summed E-state index contributed by atoms with van der Waals surface area (Å²) in [6.45, 7) is 3.00. The van der Waals surface area contributed by atoms with Crippen molar-refractivity contribution in [2.24, 2.45) is 0 Å². The van der Waals surface area contributed by atoms with Crippen LogP contribution in [0.1, 0.15) is 31.5 Å². The number of nitrogens with one attached hydrogen (secondary N) is 1. The number of H-pyrrole nitrogens is 1. The number of aromatic amines is 1. The molecule has 82 valence electrons. The van der Waals surface area contributed by atoms with Gasteiger partial charge in [-0.15, -0.1) is 0 Å². The highest BCUT2D eigenvalue weighted by atomic mass is 16.5. The van der Waals surface area contributed by atoms with Crippen molar-refractivity contribution in [1.29, 1.82) is 0 Å². The third-order valence-electron chi connectivity index (χ3n) is 2.78. The zero-order chi connectivity index (χ0) is 10.8. The molecule has 1 N–H and O–H groups in total. The highest BCUT2D eigenvalue weighted by Crippen LogP contribution is 2.24. The summed E-state index contributed by atoms with van der Waals surface area (Å²) in [5, 5.41) is 3.66.